The highest BCUT2D eigenvalue weighted by Gasteiger charge is 2.38. The first kappa shape index (κ1) is 11.0. The third-order valence-electron chi connectivity index (χ3n) is 2.69. The van der Waals surface area contributed by atoms with E-state index in [1.165, 1.54) is 0 Å². The predicted molar refractivity (Wildman–Crippen MR) is 52.9 cm³/mol. The molecule has 0 spiro atoms. The Labute approximate surface area is 80.8 Å². The van der Waals surface area contributed by atoms with Crippen LogP contribution >= 0.6 is 0 Å². The first-order chi connectivity index (χ1) is 6.04. The Bertz CT molecular complexity index is 170. The molecule has 1 aliphatic rings. The topological polar surface area (TPSA) is 30.5 Å². The molecule has 1 rings (SSSR count). The SMILES string of the molecule is CCC1(C)CNCC(C)(COC)O1. The number of rotatable bonds is 3. The molecule has 0 aromatic carbocycles. The zero-order valence-corrected chi connectivity index (χ0v) is 9.14. The fourth-order valence-electron chi connectivity index (χ4n) is 1.84. The van der Waals surface area contributed by atoms with Crippen molar-refractivity contribution in [1.29, 1.82) is 0 Å². The van der Waals surface area contributed by atoms with Crippen molar-refractivity contribution in [3.05, 3.63) is 0 Å². The van der Waals surface area contributed by atoms with Crippen molar-refractivity contribution in [2.75, 3.05) is 26.8 Å². The van der Waals surface area contributed by atoms with Crippen LogP contribution in [0.3, 0.4) is 0 Å². The minimum atomic E-state index is -0.169. The zero-order chi connectivity index (χ0) is 9.95. The standard InChI is InChI=1S/C10H21NO2/c1-5-9(2)6-11-7-10(3,13-9)8-12-4/h11H,5-8H2,1-4H3. The molecule has 2 unspecified atom stereocenters. The molecule has 13 heavy (non-hydrogen) atoms. The summed E-state index contributed by atoms with van der Waals surface area (Å²) in [5.41, 5.74) is -0.205. The average molecular weight is 187 g/mol. The Morgan fingerprint density at radius 2 is 1.92 bits per heavy atom. The molecule has 0 bridgehead atoms. The van der Waals surface area contributed by atoms with Crippen LogP contribution in [0.2, 0.25) is 0 Å². The summed E-state index contributed by atoms with van der Waals surface area (Å²) in [6.45, 7) is 8.85. The lowest BCUT2D eigenvalue weighted by Gasteiger charge is -2.44. The van der Waals surface area contributed by atoms with Gasteiger partial charge in [0.15, 0.2) is 0 Å². The maximum atomic E-state index is 6.06. The van der Waals surface area contributed by atoms with E-state index in [-0.39, 0.29) is 11.2 Å². The molecule has 3 heteroatoms. The molecular weight excluding hydrogens is 166 g/mol. The third kappa shape index (κ3) is 2.66. The van der Waals surface area contributed by atoms with Gasteiger partial charge in [-0.05, 0) is 20.3 Å². The number of hydrogen-bond donors (Lipinski definition) is 1. The highest BCUT2D eigenvalue weighted by molar-refractivity contribution is 4.91. The van der Waals surface area contributed by atoms with Gasteiger partial charge in [0.1, 0.15) is 5.60 Å². The van der Waals surface area contributed by atoms with Crippen LogP contribution in [0, 0.1) is 0 Å². The Morgan fingerprint density at radius 3 is 2.46 bits per heavy atom. The quantitative estimate of drug-likeness (QED) is 0.719. The molecule has 0 amide bonds. The molecule has 1 saturated heterocycles. The summed E-state index contributed by atoms with van der Waals surface area (Å²) >= 11 is 0. The second-order valence-electron chi connectivity index (χ2n) is 4.39. The van der Waals surface area contributed by atoms with Crippen molar-refractivity contribution in [2.24, 2.45) is 0 Å². The van der Waals surface area contributed by atoms with Gasteiger partial charge in [0.2, 0.25) is 0 Å². The van der Waals surface area contributed by atoms with E-state index in [2.05, 4.69) is 26.1 Å². The molecule has 1 heterocycles. The molecule has 78 valence electrons. The van der Waals surface area contributed by atoms with Crippen LogP contribution < -0.4 is 5.32 Å². The van der Waals surface area contributed by atoms with Gasteiger partial charge in [-0.25, -0.2) is 0 Å². The number of ether oxygens (including phenoxy) is 2. The zero-order valence-electron chi connectivity index (χ0n) is 9.14. The van der Waals surface area contributed by atoms with Crippen LogP contribution in [0.4, 0.5) is 0 Å². The molecule has 0 aliphatic carbocycles. The second-order valence-corrected chi connectivity index (χ2v) is 4.39. The Kier molecular flexibility index (Phi) is 3.33. The molecular formula is C10H21NO2. The molecule has 0 saturated carbocycles. The lowest BCUT2D eigenvalue weighted by molar-refractivity contribution is -0.182. The van der Waals surface area contributed by atoms with Crippen molar-refractivity contribution >= 4 is 0 Å². The van der Waals surface area contributed by atoms with Gasteiger partial charge in [-0.2, -0.15) is 0 Å². The van der Waals surface area contributed by atoms with Crippen LogP contribution in [0.25, 0.3) is 0 Å². The van der Waals surface area contributed by atoms with Gasteiger partial charge >= 0.3 is 0 Å². The van der Waals surface area contributed by atoms with Gasteiger partial charge in [-0.15, -0.1) is 0 Å². The van der Waals surface area contributed by atoms with Crippen LogP contribution in [-0.2, 0) is 9.47 Å². The van der Waals surface area contributed by atoms with E-state index >= 15 is 0 Å². The number of nitrogens with one attached hydrogen (secondary N) is 1. The van der Waals surface area contributed by atoms with Gasteiger partial charge in [0.25, 0.3) is 0 Å². The van der Waals surface area contributed by atoms with Gasteiger partial charge in [0, 0.05) is 20.2 Å². The molecule has 1 N–H and O–H groups in total. The van der Waals surface area contributed by atoms with Gasteiger partial charge in [-0.3, -0.25) is 0 Å². The fourth-order valence-corrected chi connectivity index (χ4v) is 1.84. The van der Waals surface area contributed by atoms with E-state index in [0.717, 1.165) is 19.5 Å². The van der Waals surface area contributed by atoms with E-state index in [0.29, 0.717) is 6.61 Å². The number of morpholine rings is 1. The largest absolute Gasteiger partial charge is 0.382 e. The Hall–Kier alpha value is -0.120. The maximum Gasteiger partial charge on any atom is 0.102 e. The summed E-state index contributed by atoms with van der Waals surface area (Å²) in [6.07, 6.45) is 1.03. The smallest absolute Gasteiger partial charge is 0.102 e. The molecule has 1 aliphatic heterocycles. The molecule has 0 aromatic heterocycles. The lowest BCUT2D eigenvalue weighted by atomic mass is 9.96. The lowest BCUT2D eigenvalue weighted by Crippen LogP contribution is -2.59. The van der Waals surface area contributed by atoms with Crippen LogP contribution in [-0.4, -0.2) is 38.0 Å². The van der Waals surface area contributed by atoms with Crippen molar-refractivity contribution in [1.82, 2.24) is 5.32 Å². The fraction of sp³-hybridized carbons (Fsp3) is 1.00. The third-order valence-corrected chi connectivity index (χ3v) is 2.69. The van der Waals surface area contributed by atoms with Crippen molar-refractivity contribution in [2.45, 2.75) is 38.4 Å². The van der Waals surface area contributed by atoms with Gasteiger partial charge < -0.3 is 14.8 Å². The summed E-state index contributed by atoms with van der Waals surface area (Å²) in [4.78, 5) is 0. The van der Waals surface area contributed by atoms with Crippen molar-refractivity contribution in [3.8, 4) is 0 Å². The highest BCUT2D eigenvalue weighted by atomic mass is 16.6. The summed E-state index contributed by atoms with van der Waals surface area (Å²) in [7, 11) is 1.71. The molecule has 3 nitrogen and oxygen atoms in total. The van der Waals surface area contributed by atoms with Gasteiger partial charge in [-0.1, -0.05) is 6.92 Å². The molecule has 1 fully saturated rings. The molecule has 0 aromatic rings. The molecule has 0 radical (unpaired) electrons. The minimum absolute atomic E-state index is 0.0362. The highest BCUT2D eigenvalue weighted by Crippen LogP contribution is 2.26. The maximum absolute atomic E-state index is 6.06. The van der Waals surface area contributed by atoms with Crippen molar-refractivity contribution in [3.63, 3.8) is 0 Å². The molecule has 2 atom stereocenters. The van der Waals surface area contributed by atoms with E-state index in [1.54, 1.807) is 7.11 Å². The summed E-state index contributed by atoms with van der Waals surface area (Å²) in [5, 5.41) is 3.40. The van der Waals surface area contributed by atoms with E-state index < -0.39 is 0 Å². The van der Waals surface area contributed by atoms with Crippen LogP contribution in [0.5, 0.6) is 0 Å². The summed E-state index contributed by atoms with van der Waals surface area (Å²) < 4.78 is 11.2. The van der Waals surface area contributed by atoms with E-state index in [1.807, 2.05) is 0 Å². The van der Waals surface area contributed by atoms with Gasteiger partial charge in [0.05, 0.1) is 12.2 Å². The minimum Gasteiger partial charge on any atom is -0.382 e. The predicted octanol–water partition coefficient (Wildman–Crippen LogP) is 1.18. The van der Waals surface area contributed by atoms with Crippen LogP contribution in [0.1, 0.15) is 27.2 Å². The Balaban J connectivity index is 2.59. The number of methoxy groups -OCH3 is 1. The van der Waals surface area contributed by atoms with E-state index in [9.17, 15) is 0 Å². The first-order valence-corrected chi connectivity index (χ1v) is 4.93. The number of hydrogen-bond acceptors (Lipinski definition) is 3. The van der Waals surface area contributed by atoms with Crippen molar-refractivity contribution < 1.29 is 9.47 Å². The monoisotopic (exact) mass is 187 g/mol. The Morgan fingerprint density at radius 1 is 1.31 bits per heavy atom. The van der Waals surface area contributed by atoms with E-state index in [4.69, 9.17) is 9.47 Å². The normalized spacial score (nSPS) is 40.6. The summed E-state index contributed by atoms with van der Waals surface area (Å²) in [5.74, 6) is 0. The average Bonchev–Trinajstić information content (AvgIpc) is 2.04. The van der Waals surface area contributed by atoms with Crippen LogP contribution in [0.15, 0.2) is 0 Å². The first-order valence-electron chi connectivity index (χ1n) is 4.93. The summed E-state index contributed by atoms with van der Waals surface area (Å²) in [6, 6.07) is 0. The second kappa shape index (κ2) is 3.95.